The Kier molecular flexibility index (Phi) is 6.51. The molecule has 2 unspecified atom stereocenters. The summed E-state index contributed by atoms with van der Waals surface area (Å²) in [5.74, 6) is -0.209. The second-order valence-electron chi connectivity index (χ2n) is 5.98. The molecule has 28 heavy (non-hydrogen) atoms. The molecular formula is C17H13Cl2F3N2O3S. The highest BCUT2D eigenvalue weighted by atomic mass is 35.5. The summed E-state index contributed by atoms with van der Waals surface area (Å²) in [6.45, 7) is -0.510. The first-order valence-electron chi connectivity index (χ1n) is 8.00. The minimum Gasteiger partial charge on any atom is -0.394 e. The van der Waals surface area contributed by atoms with Gasteiger partial charge in [0.25, 0.3) is 0 Å². The zero-order valence-electron chi connectivity index (χ0n) is 14.0. The molecule has 0 spiro atoms. The molecule has 2 atom stereocenters. The Bertz CT molecular complexity index is 898. The van der Waals surface area contributed by atoms with Gasteiger partial charge in [0.05, 0.1) is 28.5 Å². The number of rotatable bonds is 4. The summed E-state index contributed by atoms with van der Waals surface area (Å²) in [6.07, 6.45) is -5.36. The molecule has 3 rings (SSSR count). The fourth-order valence-electron chi connectivity index (χ4n) is 2.57. The third-order valence-corrected chi connectivity index (χ3v) is 5.86. The number of ether oxygens (including phenoxy) is 1. The largest absolute Gasteiger partial charge is 0.433 e. The second kappa shape index (κ2) is 8.54. The first kappa shape index (κ1) is 21.3. The van der Waals surface area contributed by atoms with Crippen LogP contribution in [0.3, 0.4) is 0 Å². The van der Waals surface area contributed by atoms with Gasteiger partial charge in [0.1, 0.15) is 12.3 Å². The highest BCUT2D eigenvalue weighted by Gasteiger charge is 2.36. The van der Waals surface area contributed by atoms with E-state index in [0.717, 1.165) is 17.8 Å². The van der Waals surface area contributed by atoms with Gasteiger partial charge in [-0.25, -0.2) is 9.97 Å². The molecule has 1 N–H and O–H groups in total. The maximum atomic E-state index is 13.3. The van der Waals surface area contributed by atoms with Crippen molar-refractivity contribution in [2.45, 2.75) is 29.1 Å². The minimum absolute atomic E-state index is 0.00648. The summed E-state index contributed by atoms with van der Waals surface area (Å²) in [4.78, 5) is 19.4. The second-order valence-corrected chi connectivity index (χ2v) is 8.00. The Labute approximate surface area is 172 Å². The van der Waals surface area contributed by atoms with E-state index in [1.54, 1.807) is 0 Å². The number of halogens is 5. The SMILES string of the molecule is O=C1COC(CO)C(Sc2nc(-c3ccc(Cl)c(Cl)c3)cc(C(F)(F)F)n2)C1. The van der Waals surface area contributed by atoms with E-state index < -0.39 is 23.2 Å². The first-order valence-corrected chi connectivity index (χ1v) is 9.63. The summed E-state index contributed by atoms with van der Waals surface area (Å²) >= 11 is 12.7. The molecule has 11 heteroatoms. The number of Topliss-reactive ketones (excluding diaryl/α,β-unsaturated/α-hetero) is 1. The average Bonchev–Trinajstić information content (AvgIpc) is 2.63. The number of aromatic nitrogens is 2. The van der Waals surface area contributed by atoms with Crippen LogP contribution < -0.4 is 0 Å². The van der Waals surface area contributed by atoms with Crippen LogP contribution in [0.2, 0.25) is 10.0 Å². The van der Waals surface area contributed by atoms with E-state index in [0.29, 0.717) is 5.56 Å². The lowest BCUT2D eigenvalue weighted by atomic mass is 10.1. The summed E-state index contributed by atoms with van der Waals surface area (Å²) in [5.41, 5.74) is -0.791. The molecule has 1 aromatic heterocycles. The van der Waals surface area contributed by atoms with Crippen molar-refractivity contribution in [2.24, 2.45) is 0 Å². The Morgan fingerprint density at radius 3 is 2.61 bits per heavy atom. The molecular weight excluding hydrogens is 440 g/mol. The van der Waals surface area contributed by atoms with Gasteiger partial charge < -0.3 is 9.84 Å². The van der Waals surface area contributed by atoms with Gasteiger partial charge in [0.15, 0.2) is 10.9 Å². The minimum atomic E-state index is -4.70. The molecule has 1 aliphatic heterocycles. The number of nitrogens with zero attached hydrogens (tertiary/aromatic N) is 2. The van der Waals surface area contributed by atoms with Crippen molar-refractivity contribution in [3.8, 4) is 11.3 Å². The lowest BCUT2D eigenvalue weighted by molar-refractivity contribution is -0.141. The summed E-state index contributed by atoms with van der Waals surface area (Å²) < 4.78 is 45.2. The van der Waals surface area contributed by atoms with E-state index in [1.807, 2.05) is 0 Å². The van der Waals surface area contributed by atoms with Crippen LogP contribution in [-0.2, 0) is 15.7 Å². The van der Waals surface area contributed by atoms with Crippen LogP contribution in [0.1, 0.15) is 12.1 Å². The van der Waals surface area contributed by atoms with Gasteiger partial charge in [-0.05, 0) is 18.2 Å². The molecule has 0 bridgehead atoms. The van der Waals surface area contributed by atoms with Gasteiger partial charge >= 0.3 is 6.18 Å². The zero-order chi connectivity index (χ0) is 20.5. The van der Waals surface area contributed by atoms with E-state index in [9.17, 15) is 23.1 Å². The number of hydrogen-bond donors (Lipinski definition) is 1. The quantitative estimate of drug-likeness (QED) is 0.697. The Morgan fingerprint density at radius 1 is 1.21 bits per heavy atom. The molecule has 2 heterocycles. The van der Waals surface area contributed by atoms with Gasteiger partial charge in [-0.15, -0.1) is 0 Å². The lowest BCUT2D eigenvalue weighted by Gasteiger charge is -2.28. The highest BCUT2D eigenvalue weighted by Crippen LogP contribution is 2.36. The van der Waals surface area contributed by atoms with Crippen molar-refractivity contribution < 1.29 is 27.8 Å². The van der Waals surface area contributed by atoms with E-state index >= 15 is 0 Å². The Morgan fingerprint density at radius 2 is 1.96 bits per heavy atom. The molecule has 2 aromatic rings. The van der Waals surface area contributed by atoms with Crippen LogP contribution in [-0.4, -0.2) is 45.4 Å². The fraction of sp³-hybridized carbons (Fsp3) is 0.353. The van der Waals surface area contributed by atoms with E-state index in [2.05, 4.69) is 9.97 Å². The number of carbonyl (C=O) groups is 1. The molecule has 0 aliphatic carbocycles. The maximum Gasteiger partial charge on any atom is 0.433 e. The van der Waals surface area contributed by atoms with Gasteiger partial charge in [0, 0.05) is 17.2 Å². The van der Waals surface area contributed by atoms with Crippen LogP contribution in [0.25, 0.3) is 11.3 Å². The number of hydrogen-bond acceptors (Lipinski definition) is 6. The summed E-state index contributed by atoms with van der Waals surface area (Å²) in [7, 11) is 0. The average molecular weight is 453 g/mol. The van der Waals surface area contributed by atoms with Gasteiger partial charge in [-0.1, -0.05) is 41.0 Å². The van der Waals surface area contributed by atoms with Crippen molar-refractivity contribution >= 4 is 40.7 Å². The van der Waals surface area contributed by atoms with Gasteiger partial charge in [-0.3, -0.25) is 4.79 Å². The fourth-order valence-corrected chi connectivity index (χ4v) is 4.03. The number of thioether (sulfide) groups is 1. The van der Waals surface area contributed by atoms with E-state index in [-0.39, 0.29) is 46.3 Å². The predicted molar refractivity (Wildman–Crippen MR) is 98.6 cm³/mol. The molecule has 1 aromatic carbocycles. The molecule has 0 radical (unpaired) electrons. The van der Waals surface area contributed by atoms with Crippen molar-refractivity contribution in [3.05, 3.63) is 40.0 Å². The van der Waals surface area contributed by atoms with Crippen LogP contribution in [0, 0.1) is 0 Å². The van der Waals surface area contributed by atoms with Crippen LogP contribution in [0.15, 0.2) is 29.4 Å². The molecule has 1 saturated heterocycles. The first-order chi connectivity index (χ1) is 13.2. The maximum absolute atomic E-state index is 13.3. The van der Waals surface area contributed by atoms with Gasteiger partial charge in [0.2, 0.25) is 0 Å². The number of aliphatic hydroxyl groups excluding tert-OH is 1. The lowest BCUT2D eigenvalue weighted by Crippen LogP contribution is -2.39. The van der Waals surface area contributed by atoms with Gasteiger partial charge in [-0.2, -0.15) is 13.2 Å². The highest BCUT2D eigenvalue weighted by molar-refractivity contribution is 7.99. The number of aliphatic hydroxyl groups is 1. The van der Waals surface area contributed by atoms with Crippen molar-refractivity contribution in [1.29, 1.82) is 0 Å². The number of ketones is 1. The number of alkyl halides is 3. The molecule has 1 fully saturated rings. The van der Waals surface area contributed by atoms with E-state index in [4.69, 9.17) is 27.9 Å². The van der Waals surface area contributed by atoms with E-state index in [1.165, 1.54) is 18.2 Å². The number of benzene rings is 1. The standard InChI is InChI=1S/C17H13Cl2F3N2O3S/c18-10-2-1-8(3-11(10)19)12-5-15(17(20,21)22)24-16(23-12)28-14-4-9(26)7-27-13(14)6-25/h1-3,5,13-14,25H,4,6-7H2. The third kappa shape index (κ3) is 4.96. The van der Waals surface area contributed by atoms with Crippen molar-refractivity contribution in [3.63, 3.8) is 0 Å². The Hall–Kier alpha value is -1.39. The molecule has 0 saturated carbocycles. The molecule has 150 valence electrons. The summed E-state index contributed by atoms with van der Waals surface area (Å²) in [5, 5.41) is 9.05. The van der Waals surface area contributed by atoms with Crippen LogP contribution in [0.5, 0.6) is 0 Å². The van der Waals surface area contributed by atoms with Crippen LogP contribution >= 0.6 is 35.0 Å². The number of carbonyl (C=O) groups excluding carboxylic acids is 1. The molecule has 0 amide bonds. The van der Waals surface area contributed by atoms with Crippen molar-refractivity contribution in [2.75, 3.05) is 13.2 Å². The molecule has 1 aliphatic rings. The normalized spacial score (nSPS) is 20.4. The monoisotopic (exact) mass is 452 g/mol. The molecule has 5 nitrogen and oxygen atoms in total. The third-order valence-electron chi connectivity index (χ3n) is 3.95. The topological polar surface area (TPSA) is 72.3 Å². The predicted octanol–water partition coefficient (Wildman–Crippen LogP) is 4.28. The smallest absolute Gasteiger partial charge is 0.394 e. The zero-order valence-corrected chi connectivity index (χ0v) is 16.4. The summed E-state index contributed by atoms with van der Waals surface area (Å²) in [6, 6.07) is 5.17. The van der Waals surface area contributed by atoms with Crippen molar-refractivity contribution in [1.82, 2.24) is 9.97 Å². The van der Waals surface area contributed by atoms with Crippen LogP contribution in [0.4, 0.5) is 13.2 Å². The Balaban J connectivity index is 2.00.